The van der Waals surface area contributed by atoms with Crippen molar-refractivity contribution >= 4 is 45.6 Å². The van der Waals surface area contributed by atoms with E-state index >= 15 is 0 Å². The zero-order chi connectivity index (χ0) is 10.8. The van der Waals surface area contributed by atoms with E-state index in [1.54, 1.807) is 0 Å². The topological polar surface area (TPSA) is 0 Å². The van der Waals surface area contributed by atoms with E-state index in [0.717, 1.165) is 17.2 Å². The fourth-order valence-corrected chi connectivity index (χ4v) is 4.19. The van der Waals surface area contributed by atoms with Crippen molar-refractivity contribution in [1.82, 2.24) is 0 Å². The molecule has 0 unspecified atom stereocenters. The first-order valence-corrected chi connectivity index (χ1v) is 9.61. The molecular weight excluding hydrogens is 255 g/mol. The normalized spacial score (nSPS) is 11.8. The molecule has 0 spiro atoms. The second kappa shape index (κ2) is 4.89. The molecule has 0 fully saturated rings. The summed E-state index contributed by atoms with van der Waals surface area (Å²) in [6.07, 6.45) is 0.966. The third-order valence-electron chi connectivity index (χ3n) is 2.26. The van der Waals surface area contributed by atoms with Crippen molar-refractivity contribution < 1.29 is 0 Å². The van der Waals surface area contributed by atoms with Gasteiger partial charge in [-0.2, -0.15) is 0 Å². The Kier molecular flexibility index (Phi) is 4.32. The van der Waals surface area contributed by atoms with Gasteiger partial charge in [0.2, 0.25) is 0 Å². The van der Waals surface area contributed by atoms with Gasteiger partial charge in [-0.1, -0.05) is 25.1 Å². The summed E-state index contributed by atoms with van der Waals surface area (Å²) >= 11 is 18.4. The van der Waals surface area contributed by atoms with Crippen LogP contribution >= 0.6 is 33.8 Å². The summed E-state index contributed by atoms with van der Waals surface area (Å²) in [5.41, 5.74) is 2.37. The molecule has 1 aromatic rings. The molecule has 0 saturated carbocycles. The lowest BCUT2D eigenvalue weighted by molar-refractivity contribution is 1.11. The highest BCUT2D eigenvalue weighted by atomic mass is 35.7. The van der Waals surface area contributed by atoms with Gasteiger partial charge in [0.05, 0.1) is 0 Å². The SMILES string of the molecule is CCc1cccc([Si](C)(Cl)Cl)c1CCl. The zero-order valence-corrected chi connectivity index (χ0v) is 11.5. The molecule has 0 aliphatic heterocycles. The van der Waals surface area contributed by atoms with Gasteiger partial charge < -0.3 is 0 Å². The first-order chi connectivity index (χ1) is 6.50. The molecule has 14 heavy (non-hydrogen) atoms. The standard InChI is InChI=1S/C10H13Cl3Si/c1-3-8-5-4-6-10(9(8)7-11)14(2,12)13/h4-6H,3,7H2,1-2H3. The summed E-state index contributed by atoms with van der Waals surface area (Å²) in [6, 6.07) is 6.07. The Hall–Kier alpha value is 0.307. The van der Waals surface area contributed by atoms with E-state index in [1.807, 2.05) is 18.7 Å². The van der Waals surface area contributed by atoms with Gasteiger partial charge >= 0.3 is 0 Å². The molecule has 0 radical (unpaired) electrons. The minimum absolute atomic E-state index is 0.487. The van der Waals surface area contributed by atoms with Crippen molar-refractivity contribution in [3.63, 3.8) is 0 Å². The summed E-state index contributed by atoms with van der Waals surface area (Å²) < 4.78 is 0. The quantitative estimate of drug-likeness (QED) is 0.445. The van der Waals surface area contributed by atoms with Gasteiger partial charge in [0.1, 0.15) is 0 Å². The van der Waals surface area contributed by atoms with Gasteiger partial charge in [-0.3, -0.25) is 0 Å². The third kappa shape index (κ3) is 2.66. The average molecular weight is 268 g/mol. The summed E-state index contributed by atoms with van der Waals surface area (Å²) in [7, 11) is 0. The van der Waals surface area contributed by atoms with Gasteiger partial charge in [0, 0.05) is 5.88 Å². The van der Waals surface area contributed by atoms with Crippen LogP contribution < -0.4 is 5.19 Å². The van der Waals surface area contributed by atoms with Gasteiger partial charge in [-0.05, 0) is 29.3 Å². The van der Waals surface area contributed by atoms with Crippen molar-refractivity contribution in [2.75, 3.05) is 0 Å². The van der Waals surface area contributed by atoms with Crippen molar-refractivity contribution in [1.29, 1.82) is 0 Å². The highest BCUT2D eigenvalue weighted by Gasteiger charge is 2.27. The Morgan fingerprint density at radius 3 is 2.36 bits per heavy atom. The lowest BCUT2D eigenvalue weighted by Crippen LogP contribution is -2.36. The summed E-state index contributed by atoms with van der Waals surface area (Å²) in [4.78, 5) is 0. The fourth-order valence-electron chi connectivity index (χ4n) is 1.53. The maximum atomic E-state index is 6.22. The molecule has 1 rings (SSSR count). The van der Waals surface area contributed by atoms with Crippen molar-refractivity contribution in [3.05, 3.63) is 29.3 Å². The first kappa shape index (κ1) is 12.4. The van der Waals surface area contributed by atoms with Crippen LogP contribution in [0.15, 0.2) is 18.2 Å². The second-order valence-corrected chi connectivity index (χ2v) is 11.0. The number of halogens is 3. The Bertz CT molecular complexity index is 318. The maximum Gasteiger partial charge on any atom is 0.278 e. The predicted molar refractivity (Wildman–Crippen MR) is 68.3 cm³/mol. The molecule has 0 aliphatic carbocycles. The highest BCUT2D eigenvalue weighted by molar-refractivity contribution is 7.50. The largest absolute Gasteiger partial charge is 0.278 e. The molecule has 0 N–H and O–H groups in total. The van der Waals surface area contributed by atoms with Crippen LogP contribution in [-0.2, 0) is 12.3 Å². The lowest BCUT2D eigenvalue weighted by atomic mass is 10.1. The number of hydrogen-bond donors (Lipinski definition) is 0. The molecule has 0 aliphatic rings. The average Bonchev–Trinajstić information content (AvgIpc) is 2.15. The van der Waals surface area contributed by atoms with Gasteiger partial charge in [0.25, 0.3) is 6.69 Å². The second-order valence-electron chi connectivity index (χ2n) is 3.32. The smallest absolute Gasteiger partial charge is 0.140 e. The van der Waals surface area contributed by atoms with E-state index < -0.39 is 6.69 Å². The molecular formula is C10H13Cl3Si. The minimum Gasteiger partial charge on any atom is -0.140 e. The number of rotatable bonds is 3. The fraction of sp³-hybridized carbons (Fsp3) is 0.400. The van der Waals surface area contributed by atoms with Crippen LogP contribution in [0.25, 0.3) is 0 Å². The van der Waals surface area contributed by atoms with E-state index in [2.05, 4.69) is 13.0 Å². The summed E-state index contributed by atoms with van der Waals surface area (Å²) in [5.74, 6) is 0.487. The van der Waals surface area contributed by atoms with E-state index in [1.165, 1.54) is 5.56 Å². The van der Waals surface area contributed by atoms with Crippen LogP contribution in [-0.4, -0.2) is 6.69 Å². The molecule has 0 nitrogen and oxygen atoms in total. The van der Waals surface area contributed by atoms with Crippen molar-refractivity contribution in [3.8, 4) is 0 Å². The van der Waals surface area contributed by atoms with Crippen molar-refractivity contribution in [2.45, 2.75) is 25.8 Å². The van der Waals surface area contributed by atoms with Crippen LogP contribution in [0, 0.1) is 0 Å². The van der Waals surface area contributed by atoms with E-state index in [0.29, 0.717) is 5.88 Å². The van der Waals surface area contributed by atoms with E-state index in [-0.39, 0.29) is 0 Å². The first-order valence-electron chi connectivity index (χ1n) is 4.55. The van der Waals surface area contributed by atoms with Crippen LogP contribution in [0.1, 0.15) is 18.1 Å². The molecule has 4 heteroatoms. The zero-order valence-electron chi connectivity index (χ0n) is 8.28. The van der Waals surface area contributed by atoms with Crippen LogP contribution in [0.3, 0.4) is 0 Å². The predicted octanol–water partition coefficient (Wildman–Crippen LogP) is 3.74. The van der Waals surface area contributed by atoms with Crippen LogP contribution in [0.4, 0.5) is 0 Å². The third-order valence-corrected chi connectivity index (χ3v) is 5.16. The number of alkyl halides is 1. The molecule has 0 saturated heterocycles. The van der Waals surface area contributed by atoms with Gasteiger partial charge in [-0.25, -0.2) is 0 Å². The molecule has 0 bridgehead atoms. The number of aryl methyl sites for hydroxylation is 1. The van der Waals surface area contributed by atoms with E-state index in [4.69, 9.17) is 33.8 Å². The molecule has 78 valence electrons. The molecule has 0 atom stereocenters. The Morgan fingerprint density at radius 2 is 1.93 bits per heavy atom. The van der Waals surface area contributed by atoms with Crippen molar-refractivity contribution in [2.24, 2.45) is 0 Å². The van der Waals surface area contributed by atoms with E-state index in [9.17, 15) is 0 Å². The van der Waals surface area contributed by atoms with Crippen LogP contribution in [0.5, 0.6) is 0 Å². The maximum absolute atomic E-state index is 6.22. The number of hydrogen-bond acceptors (Lipinski definition) is 0. The summed E-state index contributed by atoms with van der Waals surface area (Å²) in [6.45, 7) is 1.72. The monoisotopic (exact) mass is 266 g/mol. The number of benzene rings is 1. The highest BCUT2D eigenvalue weighted by Crippen LogP contribution is 2.20. The Morgan fingerprint density at radius 1 is 1.29 bits per heavy atom. The molecule has 0 aromatic heterocycles. The molecule has 0 amide bonds. The molecule has 1 aromatic carbocycles. The summed E-state index contributed by atoms with van der Waals surface area (Å²) in [5, 5.41) is 1.05. The lowest BCUT2D eigenvalue weighted by Gasteiger charge is -2.17. The minimum atomic E-state index is -2.29. The Balaban J connectivity index is 3.29. The van der Waals surface area contributed by atoms with Gasteiger partial charge in [0.15, 0.2) is 0 Å². The molecule has 0 heterocycles. The van der Waals surface area contributed by atoms with Crippen LogP contribution in [0.2, 0.25) is 6.55 Å². The van der Waals surface area contributed by atoms with Gasteiger partial charge in [-0.15, -0.1) is 33.8 Å². The Labute approximate surface area is 101 Å².